The van der Waals surface area contributed by atoms with E-state index < -0.39 is 0 Å². The summed E-state index contributed by atoms with van der Waals surface area (Å²) in [7, 11) is 0. The maximum atomic E-state index is 13.2. The Hall–Kier alpha value is -0.700. The highest BCUT2D eigenvalue weighted by atomic mass is 79.9. The number of hydrogen-bond donors (Lipinski definition) is 0. The Morgan fingerprint density at radius 2 is 1.84 bits per heavy atom. The summed E-state index contributed by atoms with van der Waals surface area (Å²) in [4.78, 5) is 12.1. The van der Waals surface area contributed by atoms with Gasteiger partial charge in [-0.15, -0.1) is 0 Å². The lowest BCUT2D eigenvalue weighted by Crippen LogP contribution is -2.10. The first-order chi connectivity index (χ1) is 9.13. The van der Waals surface area contributed by atoms with Gasteiger partial charge in [-0.2, -0.15) is 0 Å². The first kappa shape index (κ1) is 14.7. The molecule has 0 spiro atoms. The maximum Gasteiger partial charge on any atom is 0.137 e. The van der Waals surface area contributed by atoms with Crippen molar-refractivity contribution in [2.24, 2.45) is 5.92 Å². The van der Waals surface area contributed by atoms with Crippen molar-refractivity contribution in [1.29, 1.82) is 0 Å². The van der Waals surface area contributed by atoms with Crippen molar-refractivity contribution < 1.29 is 9.18 Å². The Labute approximate surface area is 122 Å². The van der Waals surface area contributed by atoms with E-state index in [1.54, 1.807) is 0 Å². The zero-order valence-electron chi connectivity index (χ0n) is 11.1. The van der Waals surface area contributed by atoms with Crippen LogP contribution in [0.5, 0.6) is 0 Å². The number of rotatable bonds is 4. The number of halogens is 2. The van der Waals surface area contributed by atoms with E-state index >= 15 is 0 Å². The van der Waals surface area contributed by atoms with E-state index in [9.17, 15) is 9.18 Å². The van der Waals surface area contributed by atoms with Crippen molar-refractivity contribution >= 4 is 21.7 Å². The summed E-state index contributed by atoms with van der Waals surface area (Å²) in [6, 6.07) is 4.70. The Morgan fingerprint density at radius 1 is 1.16 bits per heavy atom. The van der Waals surface area contributed by atoms with Crippen LogP contribution in [0.2, 0.25) is 0 Å². The van der Waals surface area contributed by atoms with Gasteiger partial charge in [0, 0.05) is 17.3 Å². The number of ketones is 1. The van der Waals surface area contributed by atoms with Gasteiger partial charge in [0.1, 0.15) is 11.6 Å². The summed E-state index contributed by atoms with van der Waals surface area (Å²) in [5, 5.41) is 0. The summed E-state index contributed by atoms with van der Waals surface area (Å²) in [6.45, 7) is 0. The Kier molecular flexibility index (Phi) is 5.56. The second-order valence-corrected chi connectivity index (χ2v) is 6.47. The second kappa shape index (κ2) is 7.18. The normalized spacial score (nSPS) is 17.2. The minimum atomic E-state index is -0.286. The SMILES string of the molecule is O=C(Cc1cc(F)cc(Br)c1)CC1CCCCCC1. The van der Waals surface area contributed by atoms with Crippen LogP contribution < -0.4 is 0 Å². The molecule has 0 aromatic heterocycles. The smallest absolute Gasteiger partial charge is 0.137 e. The number of carbonyl (C=O) groups excluding carboxylic acids is 1. The Balaban J connectivity index is 1.89. The molecule has 1 aromatic carbocycles. The summed E-state index contributed by atoms with van der Waals surface area (Å²) in [6.07, 6.45) is 8.49. The van der Waals surface area contributed by atoms with Gasteiger partial charge in [-0.1, -0.05) is 54.5 Å². The molecule has 1 aliphatic rings. The average molecular weight is 327 g/mol. The minimum Gasteiger partial charge on any atom is -0.299 e. The van der Waals surface area contributed by atoms with Crippen molar-refractivity contribution in [1.82, 2.24) is 0 Å². The van der Waals surface area contributed by atoms with Crippen molar-refractivity contribution in [3.05, 3.63) is 34.1 Å². The molecule has 0 amide bonds. The van der Waals surface area contributed by atoms with Crippen LogP contribution in [-0.4, -0.2) is 5.78 Å². The Morgan fingerprint density at radius 3 is 2.47 bits per heavy atom. The zero-order valence-corrected chi connectivity index (χ0v) is 12.7. The number of hydrogen-bond acceptors (Lipinski definition) is 1. The van der Waals surface area contributed by atoms with E-state index in [-0.39, 0.29) is 11.6 Å². The maximum absolute atomic E-state index is 13.2. The van der Waals surface area contributed by atoms with E-state index in [1.165, 1.54) is 50.7 Å². The van der Waals surface area contributed by atoms with Crippen molar-refractivity contribution in [2.45, 2.75) is 51.4 Å². The van der Waals surface area contributed by atoms with Crippen molar-refractivity contribution in [3.63, 3.8) is 0 Å². The molecular weight excluding hydrogens is 307 g/mol. The molecule has 0 N–H and O–H groups in total. The quantitative estimate of drug-likeness (QED) is 0.707. The van der Waals surface area contributed by atoms with Gasteiger partial charge >= 0.3 is 0 Å². The predicted molar refractivity (Wildman–Crippen MR) is 78.6 cm³/mol. The topological polar surface area (TPSA) is 17.1 Å². The Bertz CT molecular complexity index is 416. The van der Waals surface area contributed by atoms with Crippen LogP contribution in [0.25, 0.3) is 0 Å². The predicted octanol–water partition coefficient (Wildman–Crippen LogP) is 5.06. The van der Waals surface area contributed by atoms with Crippen LogP contribution >= 0.6 is 15.9 Å². The molecule has 1 aromatic rings. The molecule has 19 heavy (non-hydrogen) atoms. The van der Waals surface area contributed by atoms with Crippen LogP contribution in [0, 0.1) is 11.7 Å². The molecule has 0 atom stereocenters. The van der Waals surface area contributed by atoms with E-state index in [2.05, 4.69) is 15.9 Å². The van der Waals surface area contributed by atoms with Crippen LogP contribution in [0.3, 0.4) is 0 Å². The summed E-state index contributed by atoms with van der Waals surface area (Å²) < 4.78 is 13.9. The average Bonchev–Trinajstić information content (AvgIpc) is 2.55. The molecule has 2 rings (SSSR count). The van der Waals surface area contributed by atoms with Gasteiger partial charge in [0.15, 0.2) is 0 Å². The molecule has 0 saturated heterocycles. The van der Waals surface area contributed by atoms with E-state index in [4.69, 9.17) is 0 Å². The van der Waals surface area contributed by atoms with E-state index in [0.717, 1.165) is 5.56 Å². The third-order valence-electron chi connectivity index (χ3n) is 3.81. The first-order valence-corrected chi connectivity index (χ1v) is 7.89. The van der Waals surface area contributed by atoms with Crippen LogP contribution in [-0.2, 0) is 11.2 Å². The van der Waals surface area contributed by atoms with Crippen molar-refractivity contribution in [2.75, 3.05) is 0 Å². The fourth-order valence-electron chi connectivity index (χ4n) is 2.90. The summed E-state index contributed by atoms with van der Waals surface area (Å²) >= 11 is 3.26. The first-order valence-electron chi connectivity index (χ1n) is 7.10. The van der Waals surface area contributed by atoms with Gasteiger partial charge in [-0.05, 0) is 29.7 Å². The molecule has 0 aliphatic heterocycles. The molecule has 1 aliphatic carbocycles. The van der Waals surface area contributed by atoms with Gasteiger partial charge in [0.25, 0.3) is 0 Å². The fourth-order valence-corrected chi connectivity index (χ4v) is 3.42. The molecule has 0 bridgehead atoms. The fraction of sp³-hybridized carbons (Fsp3) is 0.562. The van der Waals surface area contributed by atoms with Gasteiger partial charge in [-0.3, -0.25) is 4.79 Å². The monoisotopic (exact) mass is 326 g/mol. The van der Waals surface area contributed by atoms with Gasteiger partial charge < -0.3 is 0 Å². The largest absolute Gasteiger partial charge is 0.299 e. The lowest BCUT2D eigenvalue weighted by Gasteiger charge is -2.12. The van der Waals surface area contributed by atoms with E-state index in [0.29, 0.717) is 23.2 Å². The summed E-state index contributed by atoms with van der Waals surface area (Å²) in [5.41, 5.74) is 0.769. The lowest BCUT2D eigenvalue weighted by atomic mass is 9.92. The third-order valence-corrected chi connectivity index (χ3v) is 4.27. The zero-order chi connectivity index (χ0) is 13.7. The van der Waals surface area contributed by atoms with E-state index in [1.807, 2.05) is 6.07 Å². The standard InChI is InChI=1S/C16H20BrFO/c17-14-7-13(8-15(18)11-14)10-16(19)9-12-5-3-1-2-4-6-12/h7-8,11-12H,1-6,9-10H2. The highest BCUT2D eigenvalue weighted by Crippen LogP contribution is 2.26. The molecule has 1 fully saturated rings. The number of Topliss-reactive ketones (excluding diaryl/α,β-unsaturated/α-hetero) is 1. The molecule has 104 valence electrons. The van der Waals surface area contributed by atoms with Crippen LogP contribution in [0.1, 0.15) is 50.5 Å². The van der Waals surface area contributed by atoms with Crippen LogP contribution in [0.15, 0.2) is 22.7 Å². The van der Waals surface area contributed by atoms with Crippen LogP contribution in [0.4, 0.5) is 4.39 Å². The highest BCUT2D eigenvalue weighted by molar-refractivity contribution is 9.10. The molecule has 0 unspecified atom stereocenters. The molecule has 1 saturated carbocycles. The number of benzene rings is 1. The molecular formula is C16H20BrFO. The summed E-state index contributed by atoms with van der Waals surface area (Å²) in [5.74, 6) is 0.503. The molecule has 3 heteroatoms. The van der Waals surface area contributed by atoms with Gasteiger partial charge in [0.05, 0.1) is 0 Å². The molecule has 1 nitrogen and oxygen atoms in total. The van der Waals surface area contributed by atoms with Crippen molar-refractivity contribution in [3.8, 4) is 0 Å². The lowest BCUT2D eigenvalue weighted by molar-refractivity contribution is -0.119. The number of carbonyl (C=O) groups is 1. The third kappa shape index (κ3) is 5.06. The van der Waals surface area contributed by atoms with Gasteiger partial charge in [0.2, 0.25) is 0 Å². The molecule has 0 radical (unpaired) electrons. The molecule has 0 heterocycles. The second-order valence-electron chi connectivity index (χ2n) is 5.55. The minimum absolute atomic E-state index is 0.240. The highest BCUT2D eigenvalue weighted by Gasteiger charge is 2.16. The van der Waals surface area contributed by atoms with Gasteiger partial charge in [-0.25, -0.2) is 4.39 Å².